The molecule has 0 aliphatic carbocycles. The Labute approximate surface area is 97.1 Å². The Bertz CT molecular complexity index is 438. The van der Waals surface area contributed by atoms with E-state index in [0.717, 1.165) is 12.1 Å². The molecule has 0 atom stereocenters. The number of alkyl halides is 3. The summed E-state index contributed by atoms with van der Waals surface area (Å²) >= 11 is 0. The van der Waals surface area contributed by atoms with Crippen LogP contribution >= 0.6 is 0 Å². The number of carbonyl (C=O) groups excluding carboxylic acids is 1. The number of amides is 1. The molecule has 2 nitrogen and oxygen atoms in total. The first-order valence-electron chi connectivity index (χ1n) is 5.01. The van der Waals surface area contributed by atoms with Gasteiger partial charge in [0.05, 0.1) is 11.1 Å². The van der Waals surface area contributed by atoms with Crippen LogP contribution in [-0.4, -0.2) is 5.91 Å². The molecule has 0 radical (unpaired) electrons. The molecule has 0 unspecified atom stereocenters. The number of hydrogen-bond acceptors (Lipinski definition) is 1. The second-order valence-corrected chi connectivity index (χ2v) is 3.45. The van der Waals surface area contributed by atoms with E-state index in [0.29, 0.717) is 12.1 Å². The van der Waals surface area contributed by atoms with Crippen molar-refractivity contribution in [2.45, 2.75) is 19.5 Å². The third-order valence-electron chi connectivity index (χ3n) is 2.19. The van der Waals surface area contributed by atoms with E-state index in [9.17, 15) is 18.0 Å². The maximum absolute atomic E-state index is 12.6. The van der Waals surface area contributed by atoms with Crippen LogP contribution in [0.5, 0.6) is 0 Å². The zero-order valence-electron chi connectivity index (χ0n) is 9.27. The zero-order chi connectivity index (χ0) is 13.1. The van der Waals surface area contributed by atoms with Crippen LogP contribution in [0.25, 0.3) is 0 Å². The summed E-state index contributed by atoms with van der Waals surface area (Å²) in [5.74, 6) is -0.787. The molecule has 1 amide bonds. The monoisotopic (exact) mass is 243 g/mol. The minimum Gasteiger partial charge on any atom is -0.326 e. The standard InChI is InChI=1S/C12H12F3NO/c1-3-8(2)16-11(17)9-6-4-5-7-10(9)12(13,14)15/h4-7H,2-3H2,1H3,(H,16,17). The smallest absolute Gasteiger partial charge is 0.326 e. The molecule has 5 heteroatoms. The van der Waals surface area contributed by atoms with Gasteiger partial charge in [-0.25, -0.2) is 0 Å². The van der Waals surface area contributed by atoms with Gasteiger partial charge >= 0.3 is 6.18 Å². The predicted molar refractivity (Wildman–Crippen MR) is 58.3 cm³/mol. The quantitative estimate of drug-likeness (QED) is 0.866. The number of halogens is 3. The van der Waals surface area contributed by atoms with Crippen molar-refractivity contribution in [2.75, 3.05) is 0 Å². The molecule has 1 N–H and O–H groups in total. The van der Waals surface area contributed by atoms with Gasteiger partial charge in [0.2, 0.25) is 0 Å². The second-order valence-electron chi connectivity index (χ2n) is 3.45. The molecule has 0 saturated heterocycles. The molecule has 0 saturated carbocycles. The van der Waals surface area contributed by atoms with Gasteiger partial charge in [0.25, 0.3) is 5.91 Å². The highest BCUT2D eigenvalue weighted by Gasteiger charge is 2.34. The number of nitrogens with one attached hydrogen (secondary N) is 1. The van der Waals surface area contributed by atoms with E-state index in [1.165, 1.54) is 12.1 Å². The van der Waals surface area contributed by atoms with Crippen molar-refractivity contribution in [3.8, 4) is 0 Å². The fraction of sp³-hybridized carbons (Fsp3) is 0.250. The predicted octanol–water partition coefficient (Wildman–Crippen LogP) is 3.36. The van der Waals surface area contributed by atoms with Crippen LogP contribution in [0.4, 0.5) is 13.2 Å². The molecule has 0 aromatic heterocycles. The average Bonchev–Trinajstić information content (AvgIpc) is 2.27. The number of benzene rings is 1. The lowest BCUT2D eigenvalue weighted by atomic mass is 10.1. The Morgan fingerprint density at radius 2 is 1.94 bits per heavy atom. The largest absolute Gasteiger partial charge is 0.417 e. The van der Waals surface area contributed by atoms with Crippen molar-refractivity contribution < 1.29 is 18.0 Å². The minimum absolute atomic E-state index is 0.381. The summed E-state index contributed by atoms with van der Waals surface area (Å²) in [7, 11) is 0. The van der Waals surface area contributed by atoms with Crippen molar-refractivity contribution in [2.24, 2.45) is 0 Å². The van der Waals surface area contributed by atoms with Crippen molar-refractivity contribution >= 4 is 5.91 Å². The van der Waals surface area contributed by atoms with Crippen LogP contribution in [0, 0.1) is 0 Å². The molecule has 0 spiro atoms. The van der Waals surface area contributed by atoms with Crippen molar-refractivity contribution in [1.29, 1.82) is 0 Å². The summed E-state index contributed by atoms with van der Waals surface area (Å²) < 4.78 is 37.9. The van der Waals surface area contributed by atoms with Crippen molar-refractivity contribution in [3.63, 3.8) is 0 Å². The van der Waals surface area contributed by atoms with E-state index in [1.807, 2.05) is 0 Å². The van der Waals surface area contributed by atoms with Crippen LogP contribution in [0.1, 0.15) is 29.3 Å². The molecule has 0 bridgehead atoms. The van der Waals surface area contributed by atoms with E-state index in [4.69, 9.17) is 0 Å². The molecule has 0 fully saturated rings. The third kappa shape index (κ3) is 3.34. The molecule has 0 aliphatic rings. The second kappa shape index (κ2) is 5.03. The zero-order valence-corrected chi connectivity index (χ0v) is 9.27. The fourth-order valence-electron chi connectivity index (χ4n) is 1.24. The van der Waals surface area contributed by atoms with Crippen LogP contribution in [0.3, 0.4) is 0 Å². The molecule has 1 aromatic carbocycles. The normalized spacial score (nSPS) is 11.1. The molecule has 0 heterocycles. The van der Waals surface area contributed by atoms with Gasteiger partial charge in [-0.3, -0.25) is 4.79 Å². The van der Waals surface area contributed by atoms with Crippen molar-refractivity contribution in [3.05, 3.63) is 47.7 Å². The van der Waals surface area contributed by atoms with Crippen LogP contribution in [-0.2, 0) is 6.18 Å². The minimum atomic E-state index is -4.54. The van der Waals surface area contributed by atoms with E-state index in [1.54, 1.807) is 6.92 Å². The van der Waals surface area contributed by atoms with Gasteiger partial charge in [0, 0.05) is 5.70 Å². The van der Waals surface area contributed by atoms with Gasteiger partial charge in [-0.2, -0.15) is 13.2 Å². The highest BCUT2D eigenvalue weighted by Crippen LogP contribution is 2.31. The number of hydrogen-bond donors (Lipinski definition) is 1. The lowest BCUT2D eigenvalue weighted by Crippen LogP contribution is -2.25. The summed E-state index contributed by atoms with van der Waals surface area (Å²) in [6, 6.07) is 4.65. The lowest BCUT2D eigenvalue weighted by molar-refractivity contribution is -0.137. The molecule has 1 aromatic rings. The Morgan fingerprint density at radius 1 is 1.35 bits per heavy atom. The van der Waals surface area contributed by atoms with Crippen LogP contribution in [0.15, 0.2) is 36.5 Å². The topological polar surface area (TPSA) is 29.1 Å². The Morgan fingerprint density at radius 3 is 2.47 bits per heavy atom. The number of allylic oxidation sites excluding steroid dienone is 1. The summed E-state index contributed by atoms with van der Waals surface area (Å²) in [6.45, 7) is 5.27. The van der Waals surface area contributed by atoms with E-state index in [-0.39, 0.29) is 0 Å². The van der Waals surface area contributed by atoms with Crippen LogP contribution < -0.4 is 5.32 Å². The van der Waals surface area contributed by atoms with Crippen molar-refractivity contribution in [1.82, 2.24) is 5.32 Å². The van der Waals surface area contributed by atoms with Gasteiger partial charge in [-0.15, -0.1) is 0 Å². The van der Waals surface area contributed by atoms with Gasteiger partial charge < -0.3 is 5.32 Å². The van der Waals surface area contributed by atoms with Gasteiger partial charge in [0.15, 0.2) is 0 Å². The SMILES string of the molecule is C=C(CC)NC(=O)c1ccccc1C(F)(F)F. The Hall–Kier alpha value is -1.78. The highest BCUT2D eigenvalue weighted by atomic mass is 19.4. The summed E-state index contributed by atoms with van der Waals surface area (Å²) in [5.41, 5.74) is -0.956. The van der Waals surface area contributed by atoms with Gasteiger partial charge in [-0.05, 0) is 18.6 Å². The van der Waals surface area contributed by atoms with E-state index >= 15 is 0 Å². The Balaban J connectivity index is 3.06. The molecule has 92 valence electrons. The number of carbonyl (C=O) groups is 1. The summed E-state index contributed by atoms with van der Waals surface area (Å²) in [4.78, 5) is 11.6. The third-order valence-corrected chi connectivity index (χ3v) is 2.19. The molecular formula is C12H12F3NO. The van der Waals surface area contributed by atoms with E-state index in [2.05, 4.69) is 11.9 Å². The molecule has 0 aliphatic heterocycles. The number of rotatable bonds is 3. The first-order valence-corrected chi connectivity index (χ1v) is 5.01. The molecule has 1 rings (SSSR count). The molecule has 17 heavy (non-hydrogen) atoms. The maximum atomic E-state index is 12.6. The van der Waals surface area contributed by atoms with E-state index < -0.39 is 23.2 Å². The molecular weight excluding hydrogens is 231 g/mol. The van der Waals surface area contributed by atoms with Gasteiger partial charge in [0.1, 0.15) is 0 Å². The summed E-state index contributed by atoms with van der Waals surface area (Å²) in [6.07, 6.45) is -4.07. The summed E-state index contributed by atoms with van der Waals surface area (Å²) in [5, 5.41) is 2.32. The first-order chi connectivity index (χ1) is 7.86. The fourth-order valence-corrected chi connectivity index (χ4v) is 1.24. The van der Waals surface area contributed by atoms with Gasteiger partial charge in [-0.1, -0.05) is 25.6 Å². The first kappa shape index (κ1) is 13.3. The maximum Gasteiger partial charge on any atom is 0.417 e. The highest BCUT2D eigenvalue weighted by molar-refractivity contribution is 5.96. The Kier molecular flexibility index (Phi) is 3.93. The van der Waals surface area contributed by atoms with Crippen LogP contribution in [0.2, 0.25) is 0 Å². The lowest BCUT2D eigenvalue weighted by Gasteiger charge is -2.12. The average molecular weight is 243 g/mol.